The Kier molecular flexibility index (Phi) is 2.16. The quantitative estimate of drug-likeness (QED) is 0.416. The molecule has 0 fully saturated rings. The zero-order valence-corrected chi connectivity index (χ0v) is 8.56. The molecule has 0 saturated carbocycles. The molecule has 0 unspecified atom stereocenters. The molecule has 0 radical (unpaired) electrons. The van der Waals surface area contributed by atoms with Gasteiger partial charge in [0, 0.05) is 24.6 Å². The van der Waals surface area contributed by atoms with Crippen molar-refractivity contribution in [3.05, 3.63) is 33.0 Å². The molecule has 0 aliphatic heterocycles. The second kappa shape index (κ2) is 3.35. The maximum atomic E-state index is 10.6. The SMILES string of the molecule is Cn1nnc2ccc([N+](=O)[O-])cc2c1=S. The van der Waals surface area contributed by atoms with Crippen LogP contribution >= 0.6 is 12.2 Å². The molecule has 0 spiro atoms. The first kappa shape index (κ1) is 9.66. The predicted molar refractivity (Wildman–Crippen MR) is 56.0 cm³/mol. The smallest absolute Gasteiger partial charge is 0.258 e. The van der Waals surface area contributed by atoms with Crippen LogP contribution in [0.1, 0.15) is 0 Å². The Morgan fingerprint density at radius 1 is 1.53 bits per heavy atom. The van der Waals surface area contributed by atoms with Crippen LogP contribution in [0.3, 0.4) is 0 Å². The predicted octanol–water partition coefficient (Wildman–Crippen LogP) is 1.61. The van der Waals surface area contributed by atoms with E-state index in [0.717, 1.165) is 0 Å². The maximum absolute atomic E-state index is 10.6. The Morgan fingerprint density at radius 2 is 2.27 bits per heavy atom. The number of non-ortho nitro benzene ring substituents is 1. The number of hydrogen-bond acceptors (Lipinski definition) is 5. The Labute approximate surface area is 89.3 Å². The van der Waals surface area contributed by atoms with E-state index in [-0.39, 0.29) is 5.69 Å². The van der Waals surface area contributed by atoms with Crippen molar-refractivity contribution in [3.63, 3.8) is 0 Å². The fraction of sp³-hybridized carbons (Fsp3) is 0.125. The van der Waals surface area contributed by atoms with Crippen LogP contribution in [-0.2, 0) is 7.05 Å². The molecule has 1 heterocycles. The van der Waals surface area contributed by atoms with Gasteiger partial charge in [0.15, 0.2) is 0 Å². The average molecular weight is 222 g/mol. The summed E-state index contributed by atoms with van der Waals surface area (Å²) in [6.07, 6.45) is 0. The molecule has 6 nitrogen and oxygen atoms in total. The third-order valence-electron chi connectivity index (χ3n) is 2.00. The largest absolute Gasteiger partial charge is 0.270 e. The topological polar surface area (TPSA) is 73.8 Å². The third kappa shape index (κ3) is 1.57. The first-order valence-corrected chi connectivity index (χ1v) is 4.48. The van der Waals surface area contributed by atoms with Crippen LogP contribution in [-0.4, -0.2) is 19.9 Å². The number of nitro groups is 1. The van der Waals surface area contributed by atoms with E-state index in [4.69, 9.17) is 12.2 Å². The third-order valence-corrected chi connectivity index (χ3v) is 2.49. The lowest BCUT2D eigenvalue weighted by Crippen LogP contribution is -2.01. The van der Waals surface area contributed by atoms with Crippen molar-refractivity contribution < 1.29 is 4.92 Å². The maximum Gasteiger partial charge on any atom is 0.270 e. The number of rotatable bonds is 1. The molecule has 0 atom stereocenters. The molecule has 7 heteroatoms. The molecule has 15 heavy (non-hydrogen) atoms. The molecular weight excluding hydrogens is 216 g/mol. The van der Waals surface area contributed by atoms with E-state index in [1.165, 1.54) is 22.9 Å². The highest BCUT2D eigenvalue weighted by Crippen LogP contribution is 2.19. The Morgan fingerprint density at radius 3 is 2.93 bits per heavy atom. The van der Waals surface area contributed by atoms with Crippen molar-refractivity contribution in [2.24, 2.45) is 7.05 Å². The van der Waals surface area contributed by atoms with Gasteiger partial charge in [0.25, 0.3) is 5.69 Å². The van der Waals surface area contributed by atoms with Crippen LogP contribution in [0.5, 0.6) is 0 Å². The van der Waals surface area contributed by atoms with Gasteiger partial charge in [-0.3, -0.25) is 10.1 Å². The van der Waals surface area contributed by atoms with Crippen molar-refractivity contribution in [1.82, 2.24) is 15.0 Å². The standard InChI is InChI=1S/C8H6N4O2S/c1-11-8(15)6-4-5(12(13)14)2-3-7(6)9-10-11/h2-4H,1H3. The molecular formula is C8H6N4O2S. The van der Waals surface area contributed by atoms with Crippen LogP contribution in [0, 0.1) is 14.8 Å². The van der Waals surface area contributed by atoms with Crippen LogP contribution < -0.4 is 0 Å². The number of aryl methyl sites for hydroxylation is 1. The minimum absolute atomic E-state index is 0.00148. The normalized spacial score (nSPS) is 10.5. The van der Waals surface area contributed by atoms with Crippen molar-refractivity contribution >= 4 is 28.8 Å². The lowest BCUT2D eigenvalue weighted by atomic mass is 10.2. The summed E-state index contributed by atoms with van der Waals surface area (Å²) >= 11 is 5.08. The molecule has 0 aliphatic rings. The highest BCUT2D eigenvalue weighted by Gasteiger charge is 2.08. The number of benzene rings is 1. The van der Waals surface area contributed by atoms with Gasteiger partial charge in [0.2, 0.25) is 0 Å². The summed E-state index contributed by atoms with van der Waals surface area (Å²) in [6.45, 7) is 0. The van der Waals surface area contributed by atoms with Crippen LogP contribution in [0.15, 0.2) is 18.2 Å². The van der Waals surface area contributed by atoms with E-state index >= 15 is 0 Å². The van der Waals surface area contributed by atoms with Gasteiger partial charge in [-0.2, -0.15) is 0 Å². The van der Waals surface area contributed by atoms with Gasteiger partial charge in [-0.05, 0) is 6.07 Å². The fourth-order valence-corrected chi connectivity index (χ4v) is 1.43. The number of hydrogen-bond donors (Lipinski definition) is 0. The van der Waals surface area contributed by atoms with E-state index in [0.29, 0.717) is 15.5 Å². The lowest BCUT2D eigenvalue weighted by Gasteiger charge is -1.99. The van der Waals surface area contributed by atoms with Crippen molar-refractivity contribution in [1.29, 1.82) is 0 Å². The number of aromatic nitrogens is 3. The van der Waals surface area contributed by atoms with E-state index < -0.39 is 4.92 Å². The minimum atomic E-state index is -0.464. The van der Waals surface area contributed by atoms with Gasteiger partial charge < -0.3 is 0 Å². The average Bonchev–Trinajstić information content (AvgIpc) is 2.23. The summed E-state index contributed by atoms with van der Waals surface area (Å²) < 4.78 is 1.84. The molecule has 76 valence electrons. The molecule has 1 aromatic heterocycles. The van der Waals surface area contributed by atoms with Crippen LogP contribution in [0.2, 0.25) is 0 Å². The van der Waals surface area contributed by atoms with Crippen molar-refractivity contribution in [3.8, 4) is 0 Å². The van der Waals surface area contributed by atoms with Gasteiger partial charge in [-0.1, -0.05) is 17.4 Å². The first-order chi connectivity index (χ1) is 7.09. The summed E-state index contributed by atoms with van der Waals surface area (Å²) in [5, 5.41) is 18.8. The highest BCUT2D eigenvalue weighted by atomic mass is 32.1. The molecule has 0 amide bonds. The molecule has 2 rings (SSSR count). The Bertz CT molecular complexity index is 607. The summed E-state index contributed by atoms with van der Waals surface area (Å²) in [5.41, 5.74) is 0.560. The fourth-order valence-electron chi connectivity index (χ4n) is 1.23. The number of nitro benzene ring substituents is 1. The van der Waals surface area contributed by atoms with Crippen LogP contribution in [0.4, 0.5) is 5.69 Å². The van der Waals surface area contributed by atoms with Gasteiger partial charge in [0.05, 0.1) is 10.4 Å². The zero-order chi connectivity index (χ0) is 11.0. The first-order valence-electron chi connectivity index (χ1n) is 4.08. The summed E-state index contributed by atoms with van der Waals surface area (Å²) in [4.78, 5) is 10.1. The van der Waals surface area contributed by atoms with Gasteiger partial charge >= 0.3 is 0 Å². The van der Waals surface area contributed by atoms with Crippen LogP contribution in [0.25, 0.3) is 10.9 Å². The lowest BCUT2D eigenvalue weighted by molar-refractivity contribution is -0.384. The van der Waals surface area contributed by atoms with E-state index in [9.17, 15) is 10.1 Å². The van der Waals surface area contributed by atoms with Crippen molar-refractivity contribution in [2.75, 3.05) is 0 Å². The Balaban J connectivity index is 2.85. The van der Waals surface area contributed by atoms with Gasteiger partial charge in [0.1, 0.15) is 4.64 Å². The van der Waals surface area contributed by atoms with E-state index in [1.807, 2.05) is 0 Å². The summed E-state index contributed by atoms with van der Waals surface area (Å²) in [6, 6.07) is 4.33. The highest BCUT2D eigenvalue weighted by molar-refractivity contribution is 7.71. The van der Waals surface area contributed by atoms with E-state index in [1.54, 1.807) is 7.05 Å². The molecule has 0 bridgehead atoms. The molecule has 1 aromatic carbocycles. The Hall–Kier alpha value is -1.89. The number of fused-ring (bicyclic) bond motifs is 1. The van der Waals surface area contributed by atoms with Crippen molar-refractivity contribution in [2.45, 2.75) is 0 Å². The zero-order valence-electron chi connectivity index (χ0n) is 7.75. The second-order valence-electron chi connectivity index (χ2n) is 2.98. The monoisotopic (exact) mass is 222 g/mol. The second-order valence-corrected chi connectivity index (χ2v) is 3.36. The molecule has 0 saturated heterocycles. The van der Waals surface area contributed by atoms with E-state index in [2.05, 4.69) is 10.3 Å². The van der Waals surface area contributed by atoms with Gasteiger partial charge in [-0.25, -0.2) is 4.68 Å². The molecule has 0 N–H and O–H groups in total. The molecule has 0 aliphatic carbocycles. The minimum Gasteiger partial charge on any atom is -0.258 e. The summed E-state index contributed by atoms with van der Waals surface area (Å²) in [5.74, 6) is 0. The number of nitrogens with zero attached hydrogens (tertiary/aromatic N) is 4. The summed E-state index contributed by atoms with van der Waals surface area (Å²) in [7, 11) is 1.65. The molecule has 2 aromatic rings. The van der Waals surface area contributed by atoms with Gasteiger partial charge in [-0.15, -0.1) is 5.10 Å².